The van der Waals surface area contributed by atoms with Crippen LogP contribution < -0.4 is 10.1 Å². The van der Waals surface area contributed by atoms with E-state index >= 15 is 0 Å². The van der Waals surface area contributed by atoms with Crippen LogP contribution in [0.1, 0.15) is 23.7 Å². The number of para-hydroxylation sites is 1. The van der Waals surface area contributed by atoms with Crippen molar-refractivity contribution in [3.8, 4) is 5.75 Å². The SMILES string of the molecule is COC(=O)C(C)Sc1ccccc1C(=O)NCCCOc1cccc2cccnc12. The highest BCUT2D eigenvalue weighted by molar-refractivity contribution is 8.00. The number of methoxy groups -OCH3 is 1. The zero-order chi connectivity index (χ0) is 21.3. The van der Waals surface area contributed by atoms with Gasteiger partial charge in [-0.25, -0.2) is 0 Å². The number of hydrogen-bond donors (Lipinski definition) is 1. The van der Waals surface area contributed by atoms with Crippen molar-refractivity contribution >= 4 is 34.5 Å². The summed E-state index contributed by atoms with van der Waals surface area (Å²) in [6.07, 6.45) is 2.40. The monoisotopic (exact) mass is 424 g/mol. The van der Waals surface area contributed by atoms with Crippen LogP contribution in [0.5, 0.6) is 5.75 Å². The van der Waals surface area contributed by atoms with Gasteiger partial charge in [-0.15, -0.1) is 11.8 Å². The van der Waals surface area contributed by atoms with Crippen LogP contribution in [0.25, 0.3) is 10.9 Å². The summed E-state index contributed by atoms with van der Waals surface area (Å²) in [5, 5.41) is 3.55. The van der Waals surface area contributed by atoms with Crippen molar-refractivity contribution in [3.63, 3.8) is 0 Å². The zero-order valence-electron chi connectivity index (χ0n) is 17.0. The van der Waals surface area contributed by atoms with Crippen molar-refractivity contribution in [2.24, 2.45) is 0 Å². The van der Waals surface area contributed by atoms with Crippen LogP contribution in [-0.2, 0) is 9.53 Å². The fourth-order valence-corrected chi connectivity index (χ4v) is 3.92. The van der Waals surface area contributed by atoms with Crippen LogP contribution in [-0.4, -0.2) is 42.4 Å². The Morgan fingerprint density at radius 1 is 1.10 bits per heavy atom. The van der Waals surface area contributed by atoms with Crippen molar-refractivity contribution in [2.75, 3.05) is 20.3 Å². The number of carbonyl (C=O) groups excluding carboxylic acids is 2. The first-order valence-electron chi connectivity index (χ1n) is 9.68. The second kappa shape index (κ2) is 10.6. The third kappa shape index (κ3) is 5.51. The molecule has 1 heterocycles. The molecule has 1 unspecified atom stereocenters. The number of nitrogens with one attached hydrogen (secondary N) is 1. The van der Waals surface area contributed by atoms with Gasteiger partial charge in [0.15, 0.2) is 0 Å². The van der Waals surface area contributed by atoms with Crippen LogP contribution in [0.4, 0.5) is 0 Å². The Morgan fingerprint density at radius 3 is 2.73 bits per heavy atom. The number of benzene rings is 2. The topological polar surface area (TPSA) is 77.5 Å². The molecule has 0 saturated heterocycles. The lowest BCUT2D eigenvalue weighted by atomic mass is 10.2. The van der Waals surface area contributed by atoms with Gasteiger partial charge in [-0.3, -0.25) is 14.6 Å². The van der Waals surface area contributed by atoms with Gasteiger partial charge < -0.3 is 14.8 Å². The highest BCUT2D eigenvalue weighted by atomic mass is 32.2. The van der Waals surface area contributed by atoms with Crippen molar-refractivity contribution in [3.05, 3.63) is 66.4 Å². The van der Waals surface area contributed by atoms with E-state index in [2.05, 4.69) is 10.3 Å². The standard InChI is InChI=1S/C23H24N2O4S/c1-16(23(27)28-2)30-20-12-4-3-10-18(20)22(26)25-14-7-15-29-19-11-5-8-17-9-6-13-24-21(17)19/h3-6,8-13,16H,7,14-15H2,1-2H3,(H,25,26). The molecule has 1 N–H and O–H groups in total. The highest BCUT2D eigenvalue weighted by Crippen LogP contribution is 2.27. The molecule has 1 atom stereocenters. The van der Waals surface area contributed by atoms with E-state index in [1.165, 1.54) is 18.9 Å². The first-order valence-corrected chi connectivity index (χ1v) is 10.6. The van der Waals surface area contributed by atoms with E-state index in [1.807, 2.05) is 42.5 Å². The normalized spacial score (nSPS) is 11.7. The molecule has 0 bridgehead atoms. The van der Waals surface area contributed by atoms with E-state index in [0.717, 1.165) is 21.5 Å². The zero-order valence-corrected chi connectivity index (χ0v) is 17.8. The minimum atomic E-state index is -0.397. The minimum Gasteiger partial charge on any atom is -0.491 e. The lowest BCUT2D eigenvalue weighted by Gasteiger charge is -2.13. The predicted octanol–water partition coefficient (Wildman–Crippen LogP) is 4.09. The Labute approximate surface area is 180 Å². The van der Waals surface area contributed by atoms with Gasteiger partial charge in [0, 0.05) is 23.0 Å². The van der Waals surface area contributed by atoms with E-state index in [-0.39, 0.29) is 11.9 Å². The van der Waals surface area contributed by atoms with E-state index in [4.69, 9.17) is 9.47 Å². The first kappa shape index (κ1) is 21.6. The number of esters is 1. The number of ether oxygens (including phenoxy) is 2. The van der Waals surface area contributed by atoms with Gasteiger partial charge in [-0.1, -0.05) is 30.3 Å². The molecule has 0 spiro atoms. The van der Waals surface area contributed by atoms with Gasteiger partial charge in [0.05, 0.1) is 19.3 Å². The molecule has 3 aromatic rings. The van der Waals surface area contributed by atoms with Gasteiger partial charge in [0.25, 0.3) is 5.91 Å². The molecular weight excluding hydrogens is 400 g/mol. The quantitative estimate of drug-likeness (QED) is 0.317. The van der Waals surface area contributed by atoms with Crippen LogP contribution in [0.15, 0.2) is 65.7 Å². The number of nitrogens with zero attached hydrogens (tertiary/aromatic N) is 1. The third-order valence-corrected chi connectivity index (χ3v) is 5.58. The minimum absolute atomic E-state index is 0.179. The number of carbonyl (C=O) groups is 2. The summed E-state index contributed by atoms with van der Waals surface area (Å²) in [6.45, 7) is 2.69. The fourth-order valence-electron chi connectivity index (χ4n) is 2.91. The highest BCUT2D eigenvalue weighted by Gasteiger charge is 2.18. The third-order valence-electron chi connectivity index (χ3n) is 4.43. The molecule has 1 aromatic heterocycles. The number of pyridine rings is 1. The summed E-state index contributed by atoms with van der Waals surface area (Å²) in [6, 6.07) is 16.9. The maximum Gasteiger partial charge on any atom is 0.318 e. The van der Waals surface area contributed by atoms with Crippen molar-refractivity contribution in [1.82, 2.24) is 10.3 Å². The molecule has 0 aliphatic rings. The molecule has 7 heteroatoms. The van der Waals surface area contributed by atoms with Crippen molar-refractivity contribution in [1.29, 1.82) is 0 Å². The Morgan fingerprint density at radius 2 is 1.90 bits per heavy atom. The lowest BCUT2D eigenvalue weighted by molar-refractivity contribution is -0.139. The summed E-state index contributed by atoms with van der Waals surface area (Å²) >= 11 is 1.31. The van der Waals surface area contributed by atoms with E-state index < -0.39 is 5.25 Å². The molecule has 0 aliphatic carbocycles. The fraction of sp³-hybridized carbons (Fsp3) is 0.261. The Balaban J connectivity index is 1.51. The summed E-state index contributed by atoms with van der Waals surface area (Å²) in [7, 11) is 1.36. The number of amides is 1. The Kier molecular flexibility index (Phi) is 7.68. The number of thioether (sulfide) groups is 1. The number of hydrogen-bond acceptors (Lipinski definition) is 6. The predicted molar refractivity (Wildman–Crippen MR) is 118 cm³/mol. The molecule has 0 aliphatic heterocycles. The lowest BCUT2D eigenvalue weighted by Crippen LogP contribution is -2.26. The van der Waals surface area contributed by atoms with E-state index in [9.17, 15) is 9.59 Å². The summed E-state index contributed by atoms with van der Waals surface area (Å²) < 4.78 is 10.6. The maximum absolute atomic E-state index is 12.6. The largest absolute Gasteiger partial charge is 0.491 e. The molecule has 3 rings (SSSR count). The molecule has 0 radical (unpaired) electrons. The Hall–Kier alpha value is -3.06. The van der Waals surface area contributed by atoms with Crippen molar-refractivity contribution in [2.45, 2.75) is 23.5 Å². The molecule has 0 saturated carbocycles. The van der Waals surface area contributed by atoms with Gasteiger partial charge >= 0.3 is 5.97 Å². The van der Waals surface area contributed by atoms with Gasteiger partial charge in [-0.05, 0) is 37.6 Å². The Bertz CT molecular complexity index is 1020. The average molecular weight is 425 g/mol. The van der Waals surface area contributed by atoms with Crippen LogP contribution >= 0.6 is 11.8 Å². The van der Waals surface area contributed by atoms with Crippen LogP contribution in [0, 0.1) is 0 Å². The number of fused-ring (bicyclic) bond motifs is 1. The number of rotatable bonds is 9. The molecule has 2 aromatic carbocycles. The average Bonchev–Trinajstić information content (AvgIpc) is 2.78. The van der Waals surface area contributed by atoms with Gasteiger partial charge in [0.2, 0.25) is 0 Å². The molecule has 6 nitrogen and oxygen atoms in total. The molecule has 0 fully saturated rings. The molecule has 1 amide bonds. The number of aromatic nitrogens is 1. The van der Waals surface area contributed by atoms with E-state index in [0.29, 0.717) is 25.1 Å². The first-order chi connectivity index (χ1) is 14.6. The van der Waals surface area contributed by atoms with E-state index in [1.54, 1.807) is 25.3 Å². The second-order valence-corrected chi connectivity index (χ2v) is 7.95. The van der Waals surface area contributed by atoms with Gasteiger partial charge in [-0.2, -0.15) is 0 Å². The van der Waals surface area contributed by atoms with Gasteiger partial charge in [0.1, 0.15) is 16.5 Å². The molecule has 30 heavy (non-hydrogen) atoms. The smallest absolute Gasteiger partial charge is 0.318 e. The van der Waals surface area contributed by atoms with Crippen LogP contribution in [0.2, 0.25) is 0 Å². The molecule has 156 valence electrons. The summed E-state index contributed by atoms with van der Waals surface area (Å²) in [5.41, 5.74) is 1.37. The summed E-state index contributed by atoms with van der Waals surface area (Å²) in [5.74, 6) is 0.232. The summed E-state index contributed by atoms with van der Waals surface area (Å²) in [4.78, 5) is 29.4. The maximum atomic E-state index is 12.6. The van der Waals surface area contributed by atoms with Crippen LogP contribution in [0.3, 0.4) is 0 Å². The second-order valence-electron chi connectivity index (χ2n) is 6.57. The van der Waals surface area contributed by atoms with Crippen molar-refractivity contribution < 1.29 is 19.1 Å². The molecular formula is C23H24N2O4S.